The standard InChI is InChI=1S/C26H29N5O6/c1-35-17-8-16(9-18(10-17)36-2)19(15-6-4-3-5-7-15)11-27-24-21-25(29-13-28-24)31(14-30-21)26-23(34)22(33)20(12-32)37-26/h3-10,13-14,19-20,22-23,26,32-34H,11-12H2,1-2H3,(H,27,28,29)/t19?,20-,22-,23+,26-/m1/s1. The lowest BCUT2D eigenvalue weighted by molar-refractivity contribution is -0.0511. The van der Waals surface area contributed by atoms with E-state index in [2.05, 4.69) is 32.4 Å². The summed E-state index contributed by atoms with van der Waals surface area (Å²) in [5.41, 5.74) is 2.99. The third-order valence-electron chi connectivity index (χ3n) is 6.60. The smallest absolute Gasteiger partial charge is 0.167 e. The second-order valence-electron chi connectivity index (χ2n) is 8.77. The SMILES string of the molecule is COc1cc(OC)cc(C(CNc2ncnc3c2ncn3[C@@H]2O[C@H](CO)[C@@H](O)[C@@H]2O)c2ccccc2)c1. The molecule has 1 aliphatic rings. The van der Waals surface area contributed by atoms with Gasteiger partial charge in [-0.05, 0) is 23.3 Å². The van der Waals surface area contributed by atoms with Crippen LogP contribution in [0.2, 0.25) is 0 Å². The quantitative estimate of drug-likeness (QED) is 0.264. The van der Waals surface area contributed by atoms with Gasteiger partial charge in [0, 0.05) is 18.5 Å². The van der Waals surface area contributed by atoms with Gasteiger partial charge in [-0.15, -0.1) is 0 Å². The molecule has 1 unspecified atom stereocenters. The number of fused-ring (bicyclic) bond motifs is 1. The summed E-state index contributed by atoms with van der Waals surface area (Å²) in [5, 5.41) is 33.4. The molecule has 2 aromatic carbocycles. The molecule has 2 aromatic heterocycles. The fraction of sp³-hybridized carbons (Fsp3) is 0.346. The highest BCUT2D eigenvalue weighted by Crippen LogP contribution is 2.34. The molecular weight excluding hydrogens is 478 g/mol. The molecule has 3 heterocycles. The highest BCUT2D eigenvalue weighted by Gasteiger charge is 2.44. The molecule has 0 spiro atoms. The summed E-state index contributed by atoms with van der Waals surface area (Å²) in [7, 11) is 3.24. The van der Waals surface area contributed by atoms with E-state index in [0.29, 0.717) is 35.0 Å². The molecule has 4 aromatic rings. The molecule has 11 heteroatoms. The largest absolute Gasteiger partial charge is 0.497 e. The Morgan fingerprint density at radius 3 is 2.35 bits per heavy atom. The molecule has 0 radical (unpaired) electrons. The maximum absolute atomic E-state index is 10.5. The zero-order valence-electron chi connectivity index (χ0n) is 20.4. The van der Waals surface area contributed by atoms with Crippen LogP contribution >= 0.6 is 0 Å². The predicted molar refractivity (Wildman–Crippen MR) is 135 cm³/mol. The van der Waals surface area contributed by atoms with E-state index in [0.717, 1.165) is 11.1 Å². The Morgan fingerprint density at radius 1 is 0.973 bits per heavy atom. The summed E-state index contributed by atoms with van der Waals surface area (Å²) in [4.78, 5) is 13.2. The first-order valence-electron chi connectivity index (χ1n) is 11.9. The van der Waals surface area contributed by atoms with Crippen molar-refractivity contribution in [2.45, 2.75) is 30.5 Å². The third kappa shape index (κ3) is 4.81. The van der Waals surface area contributed by atoms with Gasteiger partial charge in [0.2, 0.25) is 0 Å². The van der Waals surface area contributed by atoms with Crippen molar-refractivity contribution in [2.24, 2.45) is 0 Å². The number of ether oxygens (including phenoxy) is 3. The van der Waals surface area contributed by atoms with Gasteiger partial charge in [-0.1, -0.05) is 30.3 Å². The van der Waals surface area contributed by atoms with Gasteiger partial charge in [0.05, 0.1) is 27.2 Å². The highest BCUT2D eigenvalue weighted by atomic mass is 16.6. The van der Waals surface area contributed by atoms with Gasteiger partial charge in [0.25, 0.3) is 0 Å². The van der Waals surface area contributed by atoms with E-state index < -0.39 is 31.1 Å². The van der Waals surface area contributed by atoms with Crippen LogP contribution in [-0.2, 0) is 4.74 Å². The molecule has 1 saturated heterocycles. The maximum atomic E-state index is 10.5. The first-order valence-corrected chi connectivity index (χ1v) is 11.9. The molecule has 5 atom stereocenters. The summed E-state index contributed by atoms with van der Waals surface area (Å²) in [6.45, 7) is 0.0617. The summed E-state index contributed by atoms with van der Waals surface area (Å²) >= 11 is 0. The Morgan fingerprint density at radius 2 is 1.70 bits per heavy atom. The van der Waals surface area contributed by atoms with E-state index in [-0.39, 0.29) is 5.92 Å². The Hall–Kier alpha value is -3.77. The lowest BCUT2D eigenvalue weighted by Gasteiger charge is -2.21. The Kier molecular flexibility index (Phi) is 7.19. The number of hydrogen-bond acceptors (Lipinski definition) is 10. The van der Waals surface area contributed by atoms with Gasteiger partial charge in [-0.3, -0.25) is 4.57 Å². The van der Waals surface area contributed by atoms with Crippen molar-refractivity contribution in [3.05, 3.63) is 72.3 Å². The Balaban J connectivity index is 1.46. The number of nitrogens with one attached hydrogen (secondary N) is 1. The Labute approximate surface area is 213 Å². The van der Waals surface area contributed by atoms with Crippen molar-refractivity contribution in [2.75, 3.05) is 32.7 Å². The van der Waals surface area contributed by atoms with Gasteiger partial charge in [0.1, 0.15) is 36.1 Å². The fourth-order valence-corrected chi connectivity index (χ4v) is 4.62. The summed E-state index contributed by atoms with van der Waals surface area (Å²) in [6, 6.07) is 15.9. The van der Waals surface area contributed by atoms with Crippen LogP contribution in [0.1, 0.15) is 23.3 Å². The number of imidazole rings is 1. The monoisotopic (exact) mass is 507 g/mol. The van der Waals surface area contributed by atoms with E-state index in [4.69, 9.17) is 14.2 Å². The van der Waals surface area contributed by atoms with E-state index in [9.17, 15) is 15.3 Å². The van der Waals surface area contributed by atoms with Crippen molar-refractivity contribution < 1.29 is 29.5 Å². The number of aliphatic hydroxyl groups excluding tert-OH is 3. The summed E-state index contributed by atoms with van der Waals surface area (Å²) in [6.07, 6.45) is -1.43. The number of benzene rings is 2. The number of methoxy groups -OCH3 is 2. The maximum Gasteiger partial charge on any atom is 0.167 e. The zero-order chi connectivity index (χ0) is 25.9. The molecule has 0 amide bonds. The van der Waals surface area contributed by atoms with Crippen molar-refractivity contribution in [1.29, 1.82) is 0 Å². The number of aliphatic hydroxyl groups is 3. The average Bonchev–Trinajstić information content (AvgIpc) is 3.49. The van der Waals surface area contributed by atoms with Crippen LogP contribution in [0, 0.1) is 0 Å². The van der Waals surface area contributed by atoms with Crippen molar-refractivity contribution >= 4 is 17.0 Å². The van der Waals surface area contributed by atoms with Crippen LogP contribution in [0.4, 0.5) is 5.82 Å². The van der Waals surface area contributed by atoms with Gasteiger partial charge in [0.15, 0.2) is 23.2 Å². The van der Waals surface area contributed by atoms with Crippen molar-refractivity contribution in [3.8, 4) is 11.5 Å². The van der Waals surface area contributed by atoms with Crippen molar-refractivity contribution in [3.63, 3.8) is 0 Å². The molecular formula is C26H29N5O6. The van der Waals surface area contributed by atoms with Gasteiger partial charge in [-0.2, -0.15) is 0 Å². The second-order valence-corrected chi connectivity index (χ2v) is 8.77. The van der Waals surface area contributed by atoms with Gasteiger partial charge >= 0.3 is 0 Å². The predicted octanol–water partition coefficient (Wildman–Crippen LogP) is 1.70. The minimum Gasteiger partial charge on any atom is -0.497 e. The average molecular weight is 508 g/mol. The highest BCUT2D eigenvalue weighted by molar-refractivity contribution is 5.82. The topological polar surface area (TPSA) is 144 Å². The van der Waals surface area contributed by atoms with Crippen LogP contribution in [0.3, 0.4) is 0 Å². The van der Waals surface area contributed by atoms with Crippen LogP contribution in [-0.4, -0.2) is 80.5 Å². The van der Waals surface area contributed by atoms with Gasteiger partial charge in [-0.25, -0.2) is 15.0 Å². The molecule has 4 N–H and O–H groups in total. The molecule has 0 saturated carbocycles. The Bertz CT molecular complexity index is 1330. The normalized spacial score (nSPS) is 22.2. The molecule has 11 nitrogen and oxygen atoms in total. The number of nitrogens with zero attached hydrogens (tertiary/aromatic N) is 4. The lowest BCUT2D eigenvalue weighted by Crippen LogP contribution is -2.33. The fourth-order valence-electron chi connectivity index (χ4n) is 4.62. The first kappa shape index (κ1) is 24.9. The van der Waals surface area contributed by atoms with Crippen LogP contribution in [0.5, 0.6) is 11.5 Å². The van der Waals surface area contributed by atoms with E-state index in [1.54, 1.807) is 14.2 Å². The van der Waals surface area contributed by atoms with E-state index >= 15 is 0 Å². The van der Waals surface area contributed by atoms with E-state index in [1.165, 1.54) is 17.2 Å². The molecule has 0 aliphatic carbocycles. The van der Waals surface area contributed by atoms with Crippen molar-refractivity contribution in [1.82, 2.24) is 19.5 Å². The minimum atomic E-state index is -1.24. The van der Waals surface area contributed by atoms with Crippen LogP contribution < -0.4 is 14.8 Å². The third-order valence-corrected chi connectivity index (χ3v) is 6.60. The minimum absolute atomic E-state index is 0.0715. The van der Waals surface area contributed by atoms with Crippen LogP contribution in [0.15, 0.2) is 61.2 Å². The van der Waals surface area contributed by atoms with Crippen LogP contribution in [0.25, 0.3) is 11.2 Å². The molecule has 5 rings (SSSR count). The van der Waals surface area contributed by atoms with Gasteiger partial charge < -0.3 is 34.8 Å². The summed E-state index contributed by atoms with van der Waals surface area (Å²) in [5.74, 6) is 1.82. The molecule has 1 fully saturated rings. The summed E-state index contributed by atoms with van der Waals surface area (Å²) < 4.78 is 18.2. The molecule has 0 bridgehead atoms. The number of anilines is 1. The second kappa shape index (κ2) is 10.7. The lowest BCUT2D eigenvalue weighted by atomic mass is 9.91. The molecule has 194 valence electrons. The molecule has 37 heavy (non-hydrogen) atoms. The zero-order valence-corrected chi connectivity index (χ0v) is 20.4. The molecule has 1 aliphatic heterocycles. The number of aromatic nitrogens is 4. The number of hydrogen-bond donors (Lipinski definition) is 4. The van der Waals surface area contributed by atoms with E-state index in [1.807, 2.05) is 36.4 Å². The first-order chi connectivity index (χ1) is 18.0. The number of rotatable bonds is 9.